The van der Waals surface area contributed by atoms with Crippen molar-refractivity contribution in [2.24, 2.45) is 7.05 Å². The molecule has 0 spiro atoms. The monoisotopic (exact) mass is 356 g/mol. The number of halogens is 2. The SMILES string of the molecule is Cc1nn(C)c(CC(C(=O)O)c2ccc(Cl)cc2)c1Br. The maximum absolute atomic E-state index is 11.5. The number of carboxylic acid groups (broad SMARTS) is 1. The van der Waals surface area contributed by atoms with Crippen LogP contribution in [0.3, 0.4) is 0 Å². The fourth-order valence-electron chi connectivity index (χ4n) is 2.14. The minimum Gasteiger partial charge on any atom is -0.481 e. The van der Waals surface area contributed by atoms with E-state index in [1.165, 1.54) is 0 Å². The van der Waals surface area contributed by atoms with Gasteiger partial charge in [-0.3, -0.25) is 9.48 Å². The van der Waals surface area contributed by atoms with Crippen LogP contribution in [0.2, 0.25) is 5.02 Å². The third-order valence-corrected chi connectivity index (χ3v) is 4.51. The smallest absolute Gasteiger partial charge is 0.311 e. The Morgan fingerprint density at radius 2 is 2.05 bits per heavy atom. The average molecular weight is 358 g/mol. The van der Waals surface area contributed by atoms with E-state index in [4.69, 9.17) is 11.6 Å². The molecular weight excluding hydrogens is 344 g/mol. The van der Waals surface area contributed by atoms with Crippen LogP contribution in [0.5, 0.6) is 0 Å². The number of aromatic nitrogens is 2. The summed E-state index contributed by atoms with van der Waals surface area (Å²) in [5, 5.41) is 14.3. The highest BCUT2D eigenvalue weighted by Gasteiger charge is 2.24. The fraction of sp³-hybridized carbons (Fsp3) is 0.286. The molecule has 1 aromatic heterocycles. The topological polar surface area (TPSA) is 55.1 Å². The number of hydrogen-bond acceptors (Lipinski definition) is 2. The van der Waals surface area contributed by atoms with E-state index in [1.807, 2.05) is 14.0 Å². The van der Waals surface area contributed by atoms with Gasteiger partial charge >= 0.3 is 5.97 Å². The summed E-state index contributed by atoms with van der Waals surface area (Å²) in [6.07, 6.45) is 0.370. The Kier molecular flexibility index (Phi) is 4.50. The molecule has 2 aromatic rings. The highest BCUT2D eigenvalue weighted by molar-refractivity contribution is 9.10. The van der Waals surface area contributed by atoms with Gasteiger partial charge in [0.05, 0.1) is 21.8 Å². The van der Waals surface area contributed by atoms with Crippen LogP contribution in [0.25, 0.3) is 0 Å². The maximum Gasteiger partial charge on any atom is 0.311 e. The first-order valence-corrected chi connectivity index (χ1v) is 7.23. The summed E-state index contributed by atoms with van der Waals surface area (Å²) in [4.78, 5) is 11.5. The van der Waals surface area contributed by atoms with Crippen molar-refractivity contribution in [1.82, 2.24) is 9.78 Å². The van der Waals surface area contributed by atoms with Crippen molar-refractivity contribution in [3.8, 4) is 0 Å². The minimum atomic E-state index is -0.863. The van der Waals surface area contributed by atoms with Crippen molar-refractivity contribution in [3.05, 3.63) is 50.7 Å². The first-order valence-electron chi connectivity index (χ1n) is 6.06. The molecule has 0 aliphatic carbocycles. The fourth-order valence-corrected chi connectivity index (χ4v) is 2.76. The van der Waals surface area contributed by atoms with Crippen molar-refractivity contribution in [2.45, 2.75) is 19.3 Å². The normalized spacial score (nSPS) is 12.4. The van der Waals surface area contributed by atoms with Gasteiger partial charge in [-0.1, -0.05) is 23.7 Å². The summed E-state index contributed by atoms with van der Waals surface area (Å²) in [7, 11) is 1.81. The van der Waals surface area contributed by atoms with Crippen molar-refractivity contribution < 1.29 is 9.90 Å². The second-order valence-corrected chi connectivity index (χ2v) is 5.85. The molecule has 0 fully saturated rings. The second kappa shape index (κ2) is 5.97. The van der Waals surface area contributed by atoms with Crippen LogP contribution in [0.4, 0.5) is 0 Å². The van der Waals surface area contributed by atoms with Crippen LogP contribution in [0, 0.1) is 6.92 Å². The quantitative estimate of drug-likeness (QED) is 0.910. The number of carbonyl (C=O) groups is 1. The van der Waals surface area contributed by atoms with Gasteiger partial charge in [0.1, 0.15) is 0 Å². The highest BCUT2D eigenvalue weighted by atomic mass is 79.9. The number of aliphatic carboxylic acids is 1. The van der Waals surface area contributed by atoms with Crippen LogP contribution in [-0.2, 0) is 18.3 Å². The molecular formula is C14H14BrClN2O2. The standard InChI is InChI=1S/C14H14BrClN2O2/c1-8-13(15)12(18(2)17-8)7-11(14(19)20)9-3-5-10(16)6-4-9/h3-6,11H,7H2,1-2H3,(H,19,20). The van der Waals surface area contributed by atoms with E-state index in [0.717, 1.165) is 21.4 Å². The largest absolute Gasteiger partial charge is 0.481 e. The van der Waals surface area contributed by atoms with Crippen molar-refractivity contribution in [1.29, 1.82) is 0 Å². The summed E-state index contributed by atoms with van der Waals surface area (Å²) in [6.45, 7) is 1.88. The molecule has 20 heavy (non-hydrogen) atoms. The Morgan fingerprint density at radius 1 is 1.45 bits per heavy atom. The van der Waals surface area contributed by atoms with Gasteiger partial charge in [-0.15, -0.1) is 0 Å². The summed E-state index contributed by atoms with van der Waals surface area (Å²) >= 11 is 9.31. The molecule has 6 heteroatoms. The zero-order chi connectivity index (χ0) is 14.9. The van der Waals surface area contributed by atoms with Crippen LogP contribution in [-0.4, -0.2) is 20.9 Å². The third-order valence-electron chi connectivity index (χ3n) is 3.23. The van der Waals surface area contributed by atoms with Gasteiger partial charge in [0.25, 0.3) is 0 Å². The lowest BCUT2D eigenvalue weighted by Crippen LogP contribution is -2.16. The average Bonchev–Trinajstić information content (AvgIpc) is 2.62. The van der Waals surface area contributed by atoms with Crippen molar-refractivity contribution in [3.63, 3.8) is 0 Å². The van der Waals surface area contributed by atoms with E-state index in [0.29, 0.717) is 11.4 Å². The van der Waals surface area contributed by atoms with E-state index in [1.54, 1.807) is 28.9 Å². The lowest BCUT2D eigenvalue weighted by Gasteiger charge is -2.13. The van der Waals surface area contributed by atoms with Gasteiger partial charge < -0.3 is 5.11 Å². The number of aryl methyl sites for hydroxylation is 2. The number of hydrogen-bond donors (Lipinski definition) is 1. The predicted molar refractivity (Wildman–Crippen MR) is 81.2 cm³/mol. The van der Waals surface area contributed by atoms with Gasteiger partial charge in [0, 0.05) is 18.5 Å². The summed E-state index contributed by atoms with van der Waals surface area (Å²) in [5.74, 6) is -1.49. The first-order chi connectivity index (χ1) is 9.40. The van der Waals surface area contributed by atoms with E-state index in [2.05, 4.69) is 21.0 Å². The Hall–Kier alpha value is -1.33. The summed E-state index contributed by atoms with van der Waals surface area (Å²) in [5.41, 5.74) is 2.44. The van der Waals surface area contributed by atoms with Crippen molar-refractivity contribution in [2.75, 3.05) is 0 Å². The third kappa shape index (κ3) is 3.04. The van der Waals surface area contributed by atoms with E-state index < -0.39 is 11.9 Å². The molecule has 0 aliphatic rings. The van der Waals surface area contributed by atoms with Crippen LogP contribution >= 0.6 is 27.5 Å². The Labute approximate surface area is 130 Å². The zero-order valence-corrected chi connectivity index (χ0v) is 13.4. The second-order valence-electron chi connectivity index (χ2n) is 4.62. The molecule has 0 amide bonds. The van der Waals surface area contributed by atoms with E-state index >= 15 is 0 Å². The Morgan fingerprint density at radius 3 is 2.50 bits per heavy atom. The molecule has 4 nitrogen and oxygen atoms in total. The molecule has 1 aromatic carbocycles. The Balaban J connectivity index is 2.35. The molecule has 1 heterocycles. The number of carboxylic acids is 1. The lowest BCUT2D eigenvalue weighted by atomic mass is 9.94. The number of benzene rings is 1. The highest BCUT2D eigenvalue weighted by Crippen LogP contribution is 2.28. The molecule has 0 radical (unpaired) electrons. The molecule has 2 rings (SSSR count). The van der Waals surface area contributed by atoms with Gasteiger partial charge in [-0.05, 0) is 40.5 Å². The number of nitrogens with zero attached hydrogens (tertiary/aromatic N) is 2. The molecule has 1 N–H and O–H groups in total. The Bertz CT molecular complexity index is 637. The van der Waals surface area contributed by atoms with Crippen LogP contribution < -0.4 is 0 Å². The van der Waals surface area contributed by atoms with Crippen molar-refractivity contribution >= 4 is 33.5 Å². The molecule has 1 unspecified atom stereocenters. The van der Waals surface area contributed by atoms with E-state index in [9.17, 15) is 9.90 Å². The zero-order valence-electron chi connectivity index (χ0n) is 11.1. The molecule has 106 valence electrons. The first kappa shape index (κ1) is 15.1. The van der Waals surface area contributed by atoms with Gasteiger partial charge in [-0.2, -0.15) is 5.10 Å². The summed E-state index contributed by atoms with van der Waals surface area (Å²) in [6, 6.07) is 6.91. The molecule has 0 saturated carbocycles. The minimum absolute atomic E-state index is 0.370. The molecule has 0 aliphatic heterocycles. The summed E-state index contributed by atoms with van der Waals surface area (Å²) < 4.78 is 2.57. The van der Waals surface area contributed by atoms with Gasteiger partial charge in [-0.25, -0.2) is 0 Å². The molecule has 1 atom stereocenters. The number of rotatable bonds is 4. The molecule has 0 saturated heterocycles. The van der Waals surface area contributed by atoms with Crippen LogP contribution in [0.1, 0.15) is 22.9 Å². The maximum atomic E-state index is 11.5. The van der Waals surface area contributed by atoms with Crippen LogP contribution in [0.15, 0.2) is 28.7 Å². The van der Waals surface area contributed by atoms with E-state index in [-0.39, 0.29) is 0 Å². The van der Waals surface area contributed by atoms with Gasteiger partial charge in [0.2, 0.25) is 0 Å². The van der Waals surface area contributed by atoms with Gasteiger partial charge in [0.15, 0.2) is 0 Å². The lowest BCUT2D eigenvalue weighted by molar-refractivity contribution is -0.138. The molecule has 0 bridgehead atoms. The predicted octanol–water partition coefficient (Wildman–Crippen LogP) is 3.56.